The zero-order chi connectivity index (χ0) is 28.7. The van der Waals surface area contributed by atoms with Crippen molar-refractivity contribution in [1.29, 1.82) is 0 Å². The first-order chi connectivity index (χ1) is 18.9. The molecule has 3 aromatic rings. The Morgan fingerprint density at radius 2 is 1.45 bits per heavy atom. The van der Waals surface area contributed by atoms with Crippen molar-refractivity contribution < 1.29 is 36.2 Å². The van der Waals surface area contributed by atoms with Crippen LogP contribution in [0.4, 0.5) is 26.3 Å². The minimum absolute atomic E-state index is 0.0375. The van der Waals surface area contributed by atoms with Crippen molar-refractivity contribution in [3.8, 4) is 11.1 Å². The largest absolute Gasteiger partial charge is 0.481 e. The van der Waals surface area contributed by atoms with E-state index < -0.39 is 40.9 Å². The van der Waals surface area contributed by atoms with Gasteiger partial charge in [0, 0.05) is 25.9 Å². The van der Waals surface area contributed by atoms with Gasteiger partial charge in [0.2, 0.25) is 0 Å². The third-order valence-electron chi connectivity index (χ3n) is 8.35. The van der Waals surface area contributed by atoms with Gasteiger partial charge in [0.1, 0.15) is 5.82 Å². The minimum atomic E-state index is -4.55. The summed E-state index contributed by atoms with van der Waals surface area (Å²) < 4.78 is 82.4. The van der Waals surface area contributed by atoms with Crippen molar-refractivity contribution in [2.45, 2.75) is 62.1 Å². The van der Waals surface area contributed by atoms with Crippen LogP contribution < -0.4 is 0 Å². The third-order valence-corrected chi connectivity index (χ3v) is 8.35. The Morgan fingerprint density at radius 3 is 2.00 bits per heavy atom. The molecule has 9 heteroatoms. The maximum atomic E-state index is 14.2. The highest BCUT2D eigenvalue weighted by atomic mass is 19.4. The van der Waals surface area contributed by atoms with Crippen molar-refractivity contribution >= 4 is 5.97 Å². The Labute approximate surface area is 228 Å². The highest BCUT2D eigenvalue weighted by molar-refractivity contribution is 5.87. The summed E-state index contributed by atoms with van der Waals surface area (Å²) >= 11 is 0. The van der Waals surface area contributed by atoms with Crippen molar-refractivity contribution in [3.63, 3.8) is 0 Å². The lowest BCUT2D eigenvalue weighted by Crippen LogP contribution is -2.42. The number of carboxylic acid groups (broad SMARTS) is 1. The summed E-state index contributed by atoms with van der Waals surface area (Å²) in [5.74, 6) is -4.30. The van der Waals surface area contributed by atoms with Gasteiger partial charge in [-0.15, -0.1) is 0 Å². The number of hydrogen-bond acceptors (Lipinski definition) is 2. The summed E-state index contributed by atoms with van der Waals surface area (Å²) in [5, 5.41) is 10.4. The fourth-order valence-electron chi connectivity index (χ4n) is 6.26. The van der Waals surface area contributed by atoms with Gasteiger partial charge in [0.25, 0.3) is 5.92 Å². The summed E-state index contributed by atoms with van der Waals surface area (Å²) in [6.07, 6.45) is -3.19. The number of hydrogen-bond donors (Lipinski definition) is 1. The first-order valence-corrected chi connectivity index (χ1v) is 13.3. The van der Waals surface area contributed by atoms with E-state index in [9.17, 15) is 36.2 Å². The number of carbonyl (C=O) groups is 1. The van der Waals surface area contributed by atoms with E-state index in [1.807, 2.05) is 4.90 Å². The fourth-order valence-corrected chi connectivity index (χ4v) is 6.26. The highest BCUT2D eigenvalue weighted by Gasteiger charge is 2.46. The van der Waals surface area contributed by atoms with E-state index in [1.165, 1.54) is 24.3 Å². The van der Waals surface area contributed by atoms with Crippen LogP contribution in [0.15, 0.2) is 66.7 Å². The molecule has 1 unspecified atom stereocenters. The number of carboxylic acids is 1. The lowest BCUT2D eigenvalue weighted by Gasteiger charge is -2.39. The lowest BCUT2D eigenvalue weighted by atomic mass is 9.73. The van der Waals surface area contributed by atoms with Crippen LogP contribution in [0.2, 0.25) is 0 Å². The molecule has 0 spiro atoms. The van der Waals surface area contributed by atoms with Crippen LogP contribution in [-0.4, -0.2) is 35.0 Å². The third kappa shape index (κ3) is 5.36. The Hall–Kier alpha value is -3.33. The van der Waals surface area contributed by atoms with Gasteiger partial charge >= 0.3 is 12.1 Å². The summed E-state index contributed by atoms with van der Waals surface area (Å²) in [4.78, 5) is 14.6. The summed E-state index contributed by atoms with van der Waals surface area (Å²) in [7, 11) is 0. The predicted octanol–water partition coefficient (Wildman–Crippen LogP) is 8.23. The first-order valence-electron chi connectivity index (χ1n) is 13.3. The van der Waals surface area contributed by atoms with E-state index in [4.69, 9.17) is 0 Å². The lowest BCUT2D eigenvalue weighted by molar-refractivity contribution is -0.143. The van der Waals surface area contributed by atoms with Crippen molar-refractivity contribution in [1.82, 2.24) is 4.90 Å². The van der Waals surface area contributed by atoms with E-state index in [2.05, 4.69) is 0 Å². The maximum Gasteiger partial charge on any atom is 0.416 e. The quantitative estimate of drug-likeness (QED) is 0.308. The van der Waals surface area contributed by atoms with E-state index in [1.54, 1.807) is 30.3 Å². The molecule has 1 atom stereocenters. The normalized spacial score (nSPS) is 19.9. The molecule has 40 heavy (non-hydrogen) atoms. The first kappa shape index (κ1) is 28.2. The molecule has 3 nitrogen and oxygen atoms in total. The fraction of sp³-hybridized carbons (Fsp3) is 0.387. The van der Waals surface area contributed by atoms with Crippen LogP contribution in [0.3, 0.4) is 0 Å². The Morgan fingerprint density at radius 1 is 0.850 bits per heavy atom. The van der Waals surface area contributed by atoms with Gasteiger partial charge in [0.05, 0.1) is 17.0 Å². The average Bonchev–Trinajstić information content (AvgIpc) is 3.42. The molecule has 0 amide bonds. The van der Waals surface area contributed by atoms with E-state index in [0.717, 1.165) is 12.1 Å². The van der Waals surface area contributed by atoms with Crippen LogP contribution in [0.1, 0.15) is 66.8 Å². The highest BCUT2D eigenvalue weighted by Crippen LogP contribution is 2.49. The monoisotopic (exact) mass is 561 g/mol. The van der Waals surface area contributed by atoms with Gasteiger partial charge in [0.15, 0.2) is 0 Å². The molecular weight excluding hydrogens is 532 g/mol. The predicted molar refractivity (Wildman–Crippen MR) is 139 cm³/mol. The van der Waals surface area contributed by atoms with Crippen LogP contribution in [-0.2, 0) is 16.4 Å². The minimum Gasteiger partial charge on any atom is -0.481 e. The molecule has 2 aliphatic rings. The van der Waals surface area contributed by atoms with Crippen LogP contribution in [0.5, 0.6) is 0 Å². The molecular formula is C31H29F6NO2. The Balaban J connectivity index is 1.75. The molecule has 1 aliphatic carbocycles. The average molecular weight is 562 g/mol. The van der Waals surface area contributed by atoms with E-state index in [-0.39, 0.29) is 25.9 Å². The summed E-state index contributed by atoms with van der Waals surface area (Å²) in [6, 6.07) is 14.8. The summed E-state index contributed by atoms with van der Waals surface area (Å²) in [6.45, 7) is 0.0750. The number of rotatable bonds is 6. The maximum absolute atomic E-state index is 14.2. The van der Waals surface area contributed by atoms with Crippen molar-refractivity contribution in [3.05, 3.63) is 94.8 Å². The SMILES string of the molecule is O=C(O)C1(c2cccc(C(c3ccc(F)cc3)N3CCC(F)(F)CC3)c2-c2ccc(C(F)(F)F)cc2)CCCC1. The van der Waals surface area contributed by atoms with Crippen LogP contribution >= 0.6 is 0 Å². The molecule has 1 saturated carbocycles. The Bertz CT molecular complexity index is 1350. The van der Waals surface area contributed by atoms with Gasteiger partial charge < -0.3 is 5.11 Å². The van der Waals surface area contributed by atoms with Crippen molar-refractivity contribution in [2.24, 2.45) is 0 Å². The number of halogens is 6. The molecule has 0 bridgehead atoms. The van der Waals surface area contributed by atoms with Crippen LogP contribution in [0, 0.1) is 5.82 Å². The molecule has 1 N–H and O–H groups in total. The molecule has 1 heterocycles. The second-order valence-corrected chi connectivity index (χ2v) is 10.8. The second kappa shape index (κ2) is 10.6. The number of alkyl halides is 5. The van der Waals surface area contributed by atoms with Gasteiger partial charge in [-0.3, -0.25) is 9.69 Å². The number of benzene rings is 3. The number of piperidine rings is 1. The number of aliphatic carboxylic acids is 1. The van der Waals surface area contributed by atoms with Gasteiger partial charge in [-0.2, -0.15) is 13.2 Å². The van der Waals surface area contributed by atoms with Gasteiger partial charge in [-0.25, -0.2) is 13.2 Å². The Kier molecular flexibility index (Phi) is 7.46. The molecule has 212 valence electrons. The standard InChI is InChI=1S/C31H29F6NO2/c32-23-12-8-21(9-13-23)27(38-18-16-30(33,34)17-19-38)24-4-3-5-25(29(28(39)40)14-1-2-15-29)26(24)20-6-10-22(11-7-20)31(35,36)37/h3-13,27H,1-2,14-19H2,(H,39,40). The van der Waals surface area contributed by atoms with Crippen LogP contribution in [0.25, 0.3) is 11.1 Å². The zero-order valence-corrected chi connectivity index (χ0v) is 21.7. The van der Waals surface area contributed by atoms with E-state index in [0.29, 0.717) is 53.5 Å². The number of likely N-dealkylation sites (tertiary alicyclic amines) is 1. The molecule has 0 aromatic heterocycles. The van der Waals surface area contributed by atoms with Crippen molar-refractivity contribution in [2.75, 3.05) is 13.1 Å². The molecule has 1 saturated heterocycles. The summed E-state index contributed by atoms with van der Waals surface area (Å²) in [5.41, 5.74) is 0.500. The molecule has 5 rings (SSSR count). The molecule has 3 aromatic carbocycles. The van der Waals surface area contributed by atoms with Gasteiger partial charge in [-0.1, -0.05) is 55.3 Å². The topological polar surface area (TPSA) is 40.5 Å². The molecule has 1 aliphatic heterocycles. The molecule has 2 fully saturated rings. The number of nitrogens with zero attached hydrogens (tertiary/aromatic N) is 1. The zero-order valence-electron chi connectivity index (χ0n) is 21.7. The second-order valence-electron chi connectivity index (χ2n) is 10.8. The smallest absolute Gasteiger partial charge is 0.416 e. The van der Waals surface area contributed by atoms with E-state index >= 15 is 0 Å². The molecule has 0 radical (unpaired) electrons. The van der Waals surface area contributed by atoms with Gasteiger partial charge in [-0.05, 0) is 64.9 Å².